The van der Waals surface area contributed by atoms with E-state index in [1.165, 1.54) is 16.8 Å². The monoisotopic (exact) mass is 657 g/mol. The Labute approximate surface area is 271 Å². The molecule has 0 bridgehead atoms. The smallest absolute Gasteiger partial charge is 0.388 e. The third-order valence-corrected chi connectivity index (χ3v) is 7.86. The van der Waals surface area contributed by atoms with Gasteiger partial charge in [0.25, 0.3) is 0 Å². The van der Waals surface area contributed by atoms with Crippen molar-refractivity contribution in [2.45, 2.75) is 70.6 Å². The van der Waals surface area contributed by atoms with Gasteiger partial charge in [-0.3, -0.25) is 9.56 Å². The van der Waals surface area contributed by atoms with Crippen LogP contribution in [-0.2, 0) is 17.3 Å². The second-order valence-corrected chi connectivity index (χ2v) is 11.8. The Balaban J connectivity index is 1.60. The molecule has 0 aliphatic rings. The topological polar surface area (TPSA) is 136 Å². The van der Waals surface area contributed by atoms with Gasteiger partial charge in [-0.2, -0.15) is 18.2 Å². The minimum atomic E-state index is -4.55. The van der Waals surface area contributed by atoms with Crippen molar-refractivity contribution in [3.05, 3.63) is 81.7 Å². The number of aromatic nitrogens is 3. The predicted octanol–water partition coefficient (Wildman–Crippen LogP) is 6.03. The second kappa shape index (κ2) is 16.2. The van der Waals surface area contributed by atoms with Gasteiger partial charge in [0, 0.05) is 48.6 Å². The molecular formula is C34H43F4N7O2. The van der Waals surface area contributed by atoms with Gasteiger partial charge in [0.15, 0.2) is 0 Å². The summed E-state index contributed by atoms with van der Waals surface area (Å²) >= 11 is 0. The first-order chi connectivity index (χ1) is 22.4. The first kappa shape index (κ1) is 35.8. The van der Waals surface area contributed by atoms with E-state index in [9.17, 15) is 18.0 Å². The van der Waals surface area contributed by atoms with Gasteiger partial charge in [0.2, 0.25) is 0 Å². The molecule has 47 heavy (non-hydrogen) atoms. The molecule has 9 nitrogen and oxygen atoms in total. The zero-order valence-corrected chi connectivity index (χ0v) is 27.0. The van der Waals surface area contributed by atoms with Gasteiger partial charge in [-0.1, -0.05) is 19.4 Å². The van der Waals surface area contributed by atoms with Crippen LogP contribution in [0.25, 0.3) is 28.0 Å². The summed E-state index contributed by atoms with van der Waals surface area (Å²) in [4.78, 5) is 24.3. The number of aliphatic imine (C=N–C) groups is 1. The molecule has 0 amide bonds. The SMILES string of the molecule is CCCC(NCCCN=C(C)N)c1ccc(-n2cc3cc(-c4cc(CCCC(N)COC)cc(C(F)(F)F)c4)[nH]c3nc2=O)cc1F. The van der Waals surface area contributed by atoms with Crippen molar-refractivity contribution in [1.29, 1.82) is 0 Å². The van der Waals surface area contributed by atoms with Gasteiger partial charge in [-0.05, 0) is 93.1 Å². The van der Waals surface area contributed by atoms with Crippen LogP contribution in [0.2, 0.25) is 0 Å². The molecule has 254 valence electrons. The number of rotatable bonds is 16. The highest BCUT2D eigenvalue weighted by atomic mass is 19.4. The Morgan fingerprint density at radius 1 is 1.15 bits per heavy atom. The lowest BCUT2D eigenvalue weighted by atomic mass is 9.98. The number of hydrogen-bond donors (Lipinski definition) is 4. The number of nitrogens with one attached hydrogen (secondary N) is 2. The van der Waals surface area contributed by atoms with E-state index in [1.54, 1.807) is 38.3 Å². The summed E-state index contributed by atoms with van der Waals surface area (Å²) in [6, 6.07) is 9.72. The Morgan fingerprint density at radius 2 is 1.94 bits per heavy atom. The van der Waals surface area contributed by atoms with Crippen LogP contribution in [0, 0.1) is 5.82 Å². The fourth-order valence-electron chi connectivity index (χ4n) is 5.57. The minimum absolute atomic E-state index is 0.200. The normalized spacial score (nSPS) is 13.7. The zero-order valence-electron chi connectivity index (χ0n) is 27.0. The molecule has 2 heterocycles. The number of benzene rings is 2. The van der Waals surface area contributed by atoms with Crippen LogP contribution in [0.3, 0.4) is 0 Å². The molecule has 6 N–H and O–H groups in total. The van der Waals surface area contributed by atoms with Crippen LogP contribution in [0.15, 0.2) is 58.4 Å². The molecule has 2 aromatic carbocycles. The first-order valence-electron chi connectivity index (χ1n) is 15.8. The molecule has 4 aromatic rings. The van der Waals surface area contributed by atoms with E-state index in [0.29, 0.717) is 79.0 Å². The number of aryl methyl sites for hydroxylation is 1. The minimum Gasteiger partial charge on any atom is -0.388 e. The number of alkyl halides is 3. The lowest BCUT2D eigenvalue weighted by Crippen LogP contribution is -2.25. The molecule has 0 radical (unpaired) electrons. The van der Waals surface area contributed by atoms with Crippen LogP contribution in [-0.4, -0.2) is 53.2 Å². The fourth-order valence-corrected chi connectivity index (χ4v) is 5.57. The number of aromatic amines is 1. The lowest BCUT2D eigenvalue weighted by molar-refractivity contribution is -0.137. The molecule has 0 fully saturated rings. The molecule has 0 saturated heterocycles. The third-order valence-electron chi connectivity index (χ3n) is 7.86. The predicted molar refractivity (Wildman–Crippen MR) is 177 cm³/mol. The molecule has 0 aliphatic heterocycles. The number of fused-ring (bicyclic) bond motifs is 1. The van der Waals surface area contributed by atoms with Crippen molar-refractivity contribution < 1.29 is 22.3 Å². The zero-order chi connectivity index (χ0) is 34.1. The summed E-state index contributed by atoms with van der Waals surface area (Å²) in [7, 11) is 1.55. The largest absolute Gasteiger partial charge is 0.416 e. The maximum absolute atomic E-state index is 15.5. The van der Waals surface area contributed by atoms with Gasteiger partial charge in [0.05, 0.1) is 23.7 Å². The van der Waals surface area contributed by atoms with Gasteiger partial charge < -0.3 is 26.5 Å². The number of H-pyrrole nitrogens is 1. The lowest BCUT2D eigenvalue weighted by Gasteiger charge is -2.20. The number of nitrogens with zero attached hydrogens (tertiary/aromatic N) is 3. The highest BCUT2D eigenvalue weighted by molar-refractivity contribution is 5.83. The van der Waals surface area contributed by atoms with E-state index in [2.05, 4.69) is 20.3 Å². The highest BCUT2D eigenvalue weighted by Gasteiger charge is 2.31. The summed E-state index contributed by atoms with van der Waals surface area (Å²) in [5, 5.41) is 3.87. The Hall–Kier alpha value is -4.07. The van der Waals surface area contributed by atoms with Crippen LogP contribution in [0.5, 0.6) is 0 Å². The van der Waals surface area contributed by atoms with E-state index in [1.807, 2.05) is 6.92 Å². The number of ether oxygens (including phenoxy) is 1. The summed E-state index contributed by atoms with van der Waals surface area (Å²) in [5.41, 5.74) is 12.3. The molecule has 2 aromatic heterocycles. The molecule has 0 spiro atoms. The maximum atomic E-state index is 15.5. The van der Waals surface area contributed by atoms with Crippen molar-refractivity contribution in [2.24, 2.45) is 16.5 Å². The Bertz CT molecular complexity index is 1730. The van der Waals surface area contributed by atoms with E-state index in [0.717, 1.165) is 25.0 Å². The van der Waals surface area contributed by atoms with E-state index in [-0.39, 0.29) is 23.4 Å². The van der Waals surface area contributed by atoms with Crippen molar-refractivity contribution in [2.75, 3.05) is 26.8 Å². The van der Waals surface area contributed by atoms with Crippen molar-refractivity contribution >= 4 is 16.9 Å². The van der Waals surface area contributed by atoms with E-state index in [4.69, 9.17) is 16.2 Å². The average molecular weight is 658 g/mol. The van der Waals surface area contributed by atoms with Crippen LogP contribution in [0.4, 0.5) is 17.6 Å². The fraction of sp³-hybridized carbons (Fsp3) is 0.441. The molecule has 13 heteroatoms. The van der Waals surface area contributed by atoms with E-state index < -0.39 is 23.2 Å². The average Bonchev–Trinajstić information content (AvgIpc) is 3.42. The Kier molecular flexibility index (Phi) is 12.3. The van der Waals surface area contributed by atoms with Gasteiger partial charge in [-0.25, -0.2) is 9.18 Å². The maximum Gasteiger partial charge on any atom is 0.416 e. The highest BCUT2D eigenvalue weighted by Crippen LogP contribution is 2.34. The van der Waals surface area contributed by atoms with Crippen molar-refractivity contribution in [3.63, 3.8) is 0 Å². The number of halogens is 4. The number of amidine groups is 1. The molecule has 2 unspecified atom stereocenters. The van der Waals surface area contributed by atoms with Crippen LogP contribution < -0.4 is 22.5 Å². The number of nitrogens with two attached hydrogens (primary N) is 2. The molecule has 2 atom stereocenters. The summed E-state index contributed by atoms with van der Waals surface area (Å²) in [6.07, 6.45) is 0.852. The molecular weight excluding hydrogens is 614 g/mol. The van der Waals surface area contributed by atoms with Gasteiger partial charge >= 0.3 is 11.9 Å². The van der Waals surface area contributed by atoms with Crippen molar-refractivity contribution in [1.82, 2.24) is 19.9 Å². The quantitative estimate of drug-likeness (QED) is 0.0503. The Morgan fingerprint density at radius 3 is 2.62 bits per heavy atom. The molecule has 4 rings (SSSR count). The molecule has 0 saturated carbocycles. The number of methoxy groups -OCH3 is 1. The summed E-state index contributed by atoms with van der Waals surface area (Å²) in [5.74, 6) is 0.0528. The second-order valence-electron chi connectivity index (χ2n) is 11.8. The van der Waals surface area contributed by atoms with Crippen molar-refractivity contribution in [3.8, 4) is 16.9 Å². The number of hydrogen-bond acceptors (Lipinski definition) is 6. The standard InChI is InChI=1S/C34H43F4N7O2/c1-4-7-30(42-13-6-12-41-21(2)39)28-11-10-27(18-29(28)35)45-19-24-17-31(43-32(24)44-33(45)46)23-14-22(8-5-9-26(40)20-47-3)15-25(16-23)34(36,37)38/h10-11,14-19,26,30,42H,4-9,12-13,20,40H2,1-3H3,(H2,39,41)(H,43,44,46). The van der Waals surface area contributed by atoms with Gasteiger partial charge in [-0.15, -0.1) is 0 Å². The van der Waals surface area contributed by atoms with E-state index >= 15 is 4.39 Å². The van der Waals surface area contributed by atoms with Crippen LogP contribution in [0.1, 0.15) is 68.7 Å². The third kappa shape index (κ3) is 9.72. The van der Waals surface area contributed by atoms with Crippen LogP contribution >= 0.6 is 0 Å². The first-order valence-corrected chi connectivity index (χ1v) is 15.8. The summed E-state index contributed by atoms with van der Waals surface area (Å²) < 4.78 is 63.3. The summed E-state index contributed by atoms with van der Waals surface area (Å²) in [6.45, 7) is 5.34. The van der Waals surface area contributed by atoms with Gasteiger partial charge in [0.1, 0.15) is 11.5 Å². The molecule has 0 aliphatic carbocycles.